The number of hydrogen-bond donors (Lipinski definition) is 1. The van der Waals surface area contributed by atoms with E-state index in [1.54, 1.807) is 24.5 Å². The summed E-state index contributed by atoms with van der Waals surface area (Å²) in [6.07, 6.45) is 1.59. The third-order valence-corrected chi connectivity index (χ3v) is 2.37. The van der Waals surface area contributed by atoms with Crippen LogP contribution in [0.5, 0.6) is 0 Å². The van der Waals surface area contributed by atoms with Gasteiger partial charge in [0.05, 0.1) is 6.61 Å². The summed E-state index contributed by atoms with van der Waals surface area (Å²) in [5.74, 6) is 0. The molecule has 1 rings (SSSR count). The Morgan fingerprint density at radius 3 is 2.91 bits per heavy atom. The highest BCUT2D eigenvalue weighted by Crippen LogP contribution is 2.13. The van der Waals surface area contributed by atoms with Crippen LogP contribution in [0.15, 0.2) is 23.1 Å². The molecule has 3 heteroatoms. The van der Waals surface area contributed by atoms with Crippen LogP contribution in [-0.2, 0) is 17.8 Å². The summed E-state index contributed by atoms with van der Waals surface area (Å²) in [5, 5.41) is 8.80. The van der Waals surface area contributed by atoms with Gasteiger partial charge in [-0.05, 0) is 23.3 Å². The summed E-state index contributed by atoms with van der Waals surface area (Å²) in [6.45, 7) is -0.101. The van der Waals surface area contributed by atoms with E-state index in [1.165, 1.54) is 0 Å². The van der Waals surface area contributed by atoms with Gasteiger partial charge in [-0.25, -0.2) is 0 Å². The average Bonchev–Trinajstić information content (AvgIpc) is 2.04. The Hall–Kier alpha value is -0.510. The molecule has 2 nitrogen and oxygen atoms in total. The number of rotatable bonds is 2. The Bertz CT molecular complexity index is 235. The molecular formula is C8H9O2S. The zero-order chi connectivity index (χ0) is 8.27. The number of aliphatic hydroxyl groups excluding tert-OH is 1. The molecule has 0 aliphatic heterocycles. The van der Waals surface area contributed by atoms with E-state index in [0.29, 0.717) is 10.5 Å². The lowest BCUT2D eigenvalue weighted by Crippen LogP contribution is -2.01. The van der Waals surface area contributed by atoms with Crippen molar-refractivity contribution < 1.29 is 9.66 Å². The second-order valence-corrected chi connectivity index (χ2v) is 3.47. The molecule has 11 heavy (non-hydrogen) atoms. The van der Waals surface area contributed by atoms with Gasteiger partial charge in [-0.2, -0.15) is 0 Å². The topological polar surface area (TPSA) is 43.3 Å². The zero-order valence-electron chi connectivity index (χ0n) is 6.20. The molecule has 1 aromatic rings. The molecule has 0 aliphatic carbocycles. The van der Waals surface area contributed by atoms with Crippen LogP contribution in [0.1, 0.15) is 5.56 Å². The highest BCUT2D eigenvalue weighted by atomic mass is 32.2. The molecule has 59 valence electrons. The van der Waals surface area contributed by atoms with Crippen LogP contribution in [0.2, 0.25) is 0 Å². The first-order chi connectivity index (χ1) is 5.25. The first-order valence-electron chi connectivity index (χ1n) is 3.19. The molecule has 0 amide bonds. The lowest BCUT2D eigenvalue weighted by Gasteiger charge is -2.06. The fourth-order valence-corrected chi connectivity index (χ4v) is 1.59. The molecule has 0 aliphatic rings. The molecule has 0 spiro atoms. The van der Waals surface area contributed by atoms with Crippen LogP contribution in [0.4, 0.5) is 0 Å². The van der Waals surface area contributed by atoms with E-state index in [4.69, 9.17) is 5.11 Å². The van der Waals surface area contributed by atoms with E-state index < -0.39 is 11.2 Å². The van der Waals surface area contributed by atoms with Gasteiger partial charge in [0, 0.05) is 5.56 Å². The molecule has 1 N–H and O–H groups in total. The van der Waals surface area contributed by atoms with Crippen LogP contribution >= 0.6 is 0 Å². The third kappa shape index (κ3) is 1.96. The quantitative estimate of drug-likeness (QED) is 0.663. The molecule has 0 saturated carbocycles. The van der Waals surface area contributed by atoms with Crippen LogP contribution in [0, 0.1) is 6.07 Å². The van der Waals surface area contributed by atoms with Crippen molar-refractivity contribution in [3.05, 3.63) is 29.8 Å². The van der Waals surface area contributed by atoms with Gasteiger partial charge >= 0.3 is 0 Å². The van der Waals surface area contributed by atoms with Crippen LogP contribution in [0.25, 0.3) is 0 Å². The van der Waals surface area contributed by atoms with Crippen molar-refractivity contribution in [1.29, 1.82) is 0 Å². The van der Waals surface area contributed by atoms with E-state index in [2.05, 4.69) is 6.07 Å². The molecule has 0 fully saturated rings. The van der Waals surface area contributed by atoms with Crippen molar-refractivity contribution in [3.8, 4) is 0 Å². The van der Waals surface area contributed by atoms with Gasteiger partial charge in [0.25, 0.3) is 0 Å². The molecule has 0 aromatic heterocycles. The van der Waals surface area contributed by atoms with E-state index in [0.717, 1.165) is 0 Å². The van der Waals surface area contributed by atoms with Gasteiger partial charge in [-0.15, -0.1) is 0 Å². The molecule has 1 unspecified atom stereocenters. The van der Waals surface area contributed by atoms with Crippen molar-refractivity contribution in [3.63, 3.8) is 0 Å². The van der Waals surface area contributed by atoms with Gasteiger partial charge in [0.15, 0.2) is 4.90 Å². The van der Waals surface area contributed by atoms with Crippen molar-refractivity contribution in [2.45, 2.75) is 11.5 Å². The van der Waals surface area contributed by atoms with E-state index >= 15 is 0 Å². The van der Waals surface area contributed by atoms with Crippen molar-refractivity contribution >= 4 is 11.2 Å². The summed E-state index contributed by atoms with van der Waals surface area (Å²) in [4.78, 5) is 0.662. The normalized spacial score (nSPS) is 13.0. The van der Waals surface area contributed by atoms with Gasteiger partial charge < -0.3 is 9.66 Å². The predicted octanol–water partition coefficient (Wildman–Crippen LogP) is 0.716. The van der Waals surface area contributed by atoms with Crippen LogP contribution < -0.4 is 0 Å². The highest BCUT2D eigenvalue weighted by Gasteiger charge is 2.08. The second kappa shape index (κ2) is 3.76. The van der Waals surface area contributed by atoms with Crippen molar-refractivity contribution in [1.82, 2.24) is 0 Å². The Kier molecular flexibility index (Phi) is 2.93. The number of hydrogen-bond acceptors (Lipinski definition) is 2. The van der Waals surface area contributed by atoms with E-state index in [1.807, 2.05) is 0 Å². The Morgan fingerprint density at radius 1 is 1.73 bits per heavy atom. The summed E-state index contributed by atoms with van der Waals surface area (Å²) in [7, 11) is 0. The minimum atomic E-state index is -1.03. The monoisotopic (exact) mass is 169 g/mol. The van der Waals surface area contributed by atoms with E-state index in [-0.39, 0.29) is 6.61 Å². The maximum Gasteiger partial charge on any atom is 0.158 e. The fourth-order valence-electron chi connectivity index (χ4n) is 0.849. The summed E-state index contributed by atoms with van der Waals surface area (Å²) >= 11 is -1.03. The van der Waals surface area contributed by atoms with Gasteiger partial charge in [0.1, 0.15) is 6.26 Å². The highest BCUT2D eigenvalue weighted by molar-refractivity contribution is 7.90. The Balaban J connectivity index is 3.02. The lowest BCUT2D eigenvalue weighted by atomic mass is 10.2. The summed E-state index contributed by atoms with van der Waals surface area (Å²) in [5.41, 5.74) is 0.619. The summed E-state index contributed by atoms with van der Waals surface area (Å²) in [6, 6.07) is 8.02. The first-order valence-corrected chi connectivity index (χ1v) is 4.75. The van der Waals surface area contributed by atoms with Gasteiger partial charge in [0.2, 0.25) is 0 Å². The Morgan fingerprint density at radius 2 is 2.45 bits per heavy atom. The first kappa shape index (κ1) is 8.59. The second-order valence-electron chi connectivity index (χ2n) is 2.13. The van der Waals surface area contributed by atoms with Crippen molar-refractivity contribution in [2.75, 3.05) is 6.26 Å². The molecule has 0 heterocycles. The molecular weight excluding hydrogens is 160 g/mol. The maximum atomic E-state index is 11.0. The molecule has 1 aromatic carbocycles. The minimum Gasteiger partial charge on any atom is -0.612 e. The maximum absolute atomic E-state index is 11.0. The van der Waals surface area contributed by atoms with Crippen LogP contribution in [0.3, 0.4) is 0 Å². The SMILES string of the molecule is C[S+]([O-])c1ccc[c]c1CO. The summed E-state index contributed by atoms with van der Waals surface area (Å²) < 4.78 is 11.0. The van der Waals surface area contributed by atoms with E-state index in [9.17, 15) is 4.55 Å². The molecule has 0 saturated heterocycles. The average molecular weight is 169 g/mol. The smallest absolute Gasteiger partial charge is 0.158 e. The molecule has 0 bridgehead atoms. The largest absolute Gasteiger partial charge is 0.612 e. The predicted molar refractivity (Wildman–Crippen MR) is 43.5 cm³/mol. The molecule has 1 atom stereocenters. The van der Waals surface area contributed by atoms with Crippen molar-refractivity contribution in [2.24, 2.45) is 0 Å². The zero-order valence-corrected chi connectivity index (χ0v) is 7.02. The van der Waals surface area contributed by atoms with Gasteiger partial charge in [-0.1, -0.05) is 12.1 Å². The molecule has 1 radical (unpaired) electrons. The standard InChI is InChI=1S/C8H9O2S/c1-11(10)8-5-3-2-4-7(8)6-9/h2-3,5,9H,6H2,1H3. The minimum absolute atomic E-state index is 0.101. The number of aliphatic hydroxyl groups is 1. The Labute approximate surface area is 69.0 Å². The van der Waals surface area contributed by atoms with Gasteiger partial charge in [-0.3, -0.25) is 0 Å². The van der Waals surface area contributed by atoms with Crippen LogP contribution in [-0.4, -0.2) is 15.9 Å². The fraction of sp³-hybridized carbons (Fsp3) is 0.250. The number of benzene rings is 1. The lowest BCUT2D eigenvalue weighted by molar-refractivity contribution is 0.278. The third-order valence-electron chi connectivity index (χ3n) is 1.37.